The predicted molar refractivity (Wildman–Crippen MR) is 107 cm³/mol. The van der Waals surface area contributed by atoms with Gasteiger partial charge in [-0.1, -0.05) is 29.8 Å². The van der Waals surface area contributed by atoms with Crippen LogP contribution in [0.1, 0.15) is 24.0 Å². The summed E-state index contributed by atoms with van der Waals surface area (Å²) >= 11 is 0. The van der Waals surface area contributed by atoms with E-state index in [1.807, 2.05) is 31.2 Å². The van der Waals surface area contributed by atoms with Gasteiger partial charge in [-0.2, -0.15) is 0 Å². The van der Waals surface area contributed by atoms with Gasteiger partial charge in [0.25, 0.3) is 0 Å². The van der Waals surface area contributed by atoms with Crippen LogP contribution in [-0.2, 0) is 21.2 Å². The molecule has 2 aromatic carbocycles. The second-order valence-electron chi connectivity index (χ2n) is 6.66. The standard InChI is InChI=1S/C20H24N2O4S/c1-15-4-6-16(7-5-15)8-11-20(23)21-18-14-17(9-10-19(18)26-2)22-12-3-13-27(22,24)25/h4-7,9-10,14H,3,8,11-13H2,1-2H3,(H,21,23). The molecular formula is C20H24N2O4S. The van der Waals surface area contributed by atoms with Crippen molar-refractivity contribution < 1.29 is 17.9 Å². The van der Waals surface area contributed by atoms with E-state index in [2.05, 4.69) is 5.32 Å². The van der Waals surface area contributed by atoms with Gasteiger partial charge in [-0.15, -0.1) is 0 Å². The van der Waals surface area contributed by atoms with Gasteiger partial charge in [0, 0.05) is 13.0 Å². The number of amides is 1. The maximum atomic E-state index is 12.4. The number of carbonyl (C=O) groups is 1. The topological polar surface area (TPSA) is 75.7 Å². The monoisotopic (exact) mass is 388 g/mol. The summed E-state index contributed by atoms with van der Waals surface area (Å²) in [5.41, 5.74) is 3.30. The zero-order chi connectivity index (χ0) is 19.4. The zero-order valence-corrected chi connectivity index (χ0v) is 16.4. The molecule has 1 amide bonds. The number of hydrogen-bond donors (Lipinski definition) is 1. The fraction of sp³-hybridized carbons (Fsp3) is 0.350. The van der Waals surface area contributed by atoms with Gasteiger partial charge in [-0.25, -0.2) is 8.42 Å². The molecule has 0 aromatic heterocycles. The van der Waals surface area contributed by atoms with Gasteiger partial charge in [0.2, 0.25) is 15.9 Å². The van der Waals surface area contributed by atoms with Gasteiger partial charge in [0.05, 0.1) is 24.2 Å². The lowest BCUT2D eigenvalue weighted by Crippen LogP contribution is -2.25. The van der Waals surface area contributed by atoms with E-state index in [0.29, 0.717) is 42.9 Å². The van der Waals surface area contributed by atoms with Crippen molar-refractivity contribution in [1.29, 1.82) is 0 Å². The van der Waals surface area contributed by atoms with E-state index >= 15 is 0 Å². The number of aryl methyl sites for hydroxylation is 2. The first-order valence-electron chi connectivity index (χ1n) is 8.93. The predicted octanol–water partition coefficient (Wildman–Crippen LogP) is 3.11. The van der Waals surface area contributed by atoms with Crippen LogP contribution in [0.15, 0.2) is 42.5 Å². The van der Waals surface area contributed by atoms with Crippen LogP contribution < -0.4 is 14.4 Å². The van der Waals surface area contributed by atoms with Gasteiger partial charge >= 0.3 is 0 Å². The minimum absolute atomic E-state index is 0.143. The number of hydrogen-bond acceptors (Lipinski definition) is 4. The van der Waals surface area contributed by atoms with E-state index in [1.54, 1.807) is 18.2 Å². The minimum Gasteiger partial charge on any atom is -0.495 e. The summed E-state index contributed by atoms with van der Waals surface area (Å²) in [6.45, 7) is 2.48. The highest BCUT2D eigenvalue weighted by Crippen LogP contribution is 2.32. The Kier molecular flexibility index (Phi) is 5.70. The Morgan fingerprint density at radius 3 is 2.56 bits per heavy atom. The first-order chi connectivity index (χ1) is 12.9. The summed E-state index contributed by atoms with van der Waals surface area (Å²) in [6.07, 6.45) is 1.57. The van der Waals surface area contributed by atoms with E-state index in [9.17, 15) is 13.2 Å². The van der Waals surface area contributed by atoms with Crippen LogP contribution in [0.2, 0.25) is 0 Å². The van der Waals surface area contributed by atoms with Crippen molar-refractivity contribution in [3.8, 4) is 5.75 Å². The molecule has 27 heavy (non-hydrogen) atoms. The van der Waals surface area contributed by atoms with E-state index in [1.165, 1.54) is 17.0 Å². The fourth-order valence-corrected chi connectivity index (χ4v) is 4.66. The Morgan fingerprint density at radius 2 is 1.93 bits per heavy atom. The van der Waals surface area contributed by atoms with Gasteiger partial charge in [0.1, 0.15) is 5.75 Å². The van der Waals surface area contributed by atoms with Crippen molar-refractivity contribution in [3.05, 3.63) is 53.6 Å². The summed E-state index contributed by atoms with van der Waals surface area (Å²) in [7, 11) is -1.76. The van der Waals surface area contributed by atoms with Crippen molar-refractivity contribution in [2.75, 3.05) is 29.0 Å². The number of anilines is 2. The molecule has 0 spiro atoms. The third-order valence-corrected chi connectivity index (χ3v) is 6.48. The molecule has 0 saturated carbocycles. The van der Waals surface area contributed by atoms with Crippen molar-refractivity contribution in [2.24, 2.45) is 0 Å². The lowest BCUT2D eigenvalue weighted by atomic mass is 10.1. The van der Waals surface area contributed by atoms with Crippen LogP contribution in [0.25, 0.3) is 0 Å². The molecule has 0 bridgehead atoms. The summed E-state index contributed by atoms with van der Waals surface area (Å²) in [5.74, 6) is 0.506. The largest absolute Gasteiger partial charge is 0.495 e. The van der Waals surface area contributed by atoms with Crippen molar-refractivity contribution in [3.63, 3.8) is 0 Å². The fourth-order valence-electron chi connectivity index (χ4n) is 3.10. The number of nitrogens with one attached hydrogen (secondary N) is 1. The van der Waals surface area contributed by atoms with Gasteiger partial charge < -0.3 is 10.1 Å². The third kappa shape index (κ3) is 4.60. The number of methoxy groups -OCH3 is 1. The maximum Gasteiger partial charge on any atom is 0.235 e. The van der Waals surface area contributed by atoms with E-state index < -0.39 is 10.0 Å². The Labute approximate surface area is 160 Å². The third-order valence-electron chi connectivity index (χ3n) is 4.61. The SMILES string of the molecule is COc1ccc(N2CCCS2(=O)=O)cc1NC(=O)CCc1ccc(C)cc1. The highest BCUT2D eigenvalue weighted by molar-refractivity contribution is 7.93. The number of carbonyl (C=O) groups excluding carboxylic acids is 1. The lowest BCUT2D eigenvalue weighted by molar-refractivity contribution is -0.116. The van der Waals surface area contributed by atoms with Crippen LogP contribution in [-0.4, -0.2) is 33.7 Å². The molecule has 1 fully saturated rings. The second kappa shape index (κ2) is 8.00. The summed E-state index contributed by atoms with van der Waals surface area (Å²) in [5, 5.41) is 2.85. The van der Waals surface area contributed by atoms with Gasteiger partial charge in [-0.05, 0) is 43.5 Å². The molecule has 0 radical (unpaired) electrons. The van der Waals surface area contributed by atoms with Crippen molar-refractivity contribution in [2.45, 2.75) is 26.2 Å². The first kappa shape index (κ1) is 19.2. The molecule has 2 aromatic rings. The van der Waals surface area contributed by atoms with Gasteiger partial charge in [0.15, 0.2) is 0 Å². The molecule has 144 valence electrons. The number of benzene rings is 2. The number of nitrogens with zero attached hydrogens (tertiary/aromatic N) is 1. The summed E-state index contributed by atoms with van der Waals surface area (Å²) < 4.78 is 31.0. The molecule has 1 heterocycles. The number of ether oxygens (including phenoxy) is 1. The highest BCUT2D eigenvalue weighted by atomic mass is 32.2. The average molecular weight is 388 g/mol. The van der Waals surface area contributed by atoms with Crippen LogP contribution in [0.4, 0.5) is 11.4 Å². The second-order valence-corrected chi connectivity index (χ2v) is 8.67. The number of rotatable bonds is 6. The molecule has 0 atom stereocenters. The van der Waals surface area contributed by atoms with Gasteiger partial charge in [-0.3, -0.25) is 9.10 Å². The smallest absolute Gasteiger partial charge is 0.235 e. The van der Waals surface area contributed by atoms with E-state index in [0.717, 1.165) is 5.56 Å². The average Bonchev–Trinajstić information content (AvgIpc) is 3.00. The normalized spacial score (nSPS) is 15.6. The molecule has 7 heteroatoms. The lowest BCUT2D eigenvalue weighted by Gasteiger charge is -2.19. The molecule has 3 rings (SSSR count). The summed E-state index contributed by atoms with van der Waals surface area (Å²) in [4.78, 5) is 12.4. The Balaban J connectivity index is 1.71. The van der Waals surface area contributed by atoms with Crippen molar-refractivity contribution in [1.82, 2.24) is 0 Å². The molecular weight excluding hydrogens is 364 g/mol. The van der Waals surface area contributed by atoms with Crippen LogP contribution >= 0.6 is 0 Å². The Morgan fingerprint density at radius 1 is 1.19 bits per heavy atom. The maximum absolute atomic E-state index is 12.4. The summed E-state index contributed by atoms with van der Waals surface area (Å²) in [6, 6.07) is 13.1. The Hall–Kier alpha value is -2.54. The molecule has 1 aliphatic heterocycles. The Bertz CT molecular complexity index is 923. The molecule has 1 N–H and O–H groups in total. The van der Waals surface area contributed by atoms with Crippen molar-refractivity contribution >= 4 is 27.3 Å². The van der Waals surface area contributed by atoms with Crippen LogP contribution in [0.3, 0.4) is 0 Å². The highest BCUT2D eigenvalue weighted by Gasteiger charge is 2.29. The van der Waals surface area contributed by atoms with E-state index in [-0.39, 0.29) is 11.7 Å². The molecule has 1 saturated heterocycles. The quantitative estimate of drug-likeness (QED) is 0.825. The molecule has 6 nitrogen and oxygen atoms in total. The van der Waals surface area contributed by atoms with Crippen LogP contribution in [0, 0.1) is 6.92 Å². The molecule has 1 aliphatic rings. The minimum atomic E-state index is -3.27. The van der Waals surface area contributed by atoms with Crippen LogP contribution in [0.5, 0.6) is 5.75 Å². The first-order valence-corrected chi connectivity index (χ1v) is 10.5. The number of sulfonamides is 1. The zero-order valence-electron chi connectivity index (χ0n) is 15.6. The molecule has 0 aliphatic carbocycles. The molecule has 0 unspecified atom stereocenters. The van der Waals surface area contributed by atoms with E-state index in [4.69, 9.17) is 4.74 Å².